The van der Waals surface area contributed by atoms with E-state index in [1.807, 2.05) is 23.1 Å². The summed E-state index contributed by atoms with van der Waals surface area (Å²) in [6.45, 7) is 0. The Labute approximate surface area is 171 Å². The molecule has 3 aromatic rings. The zero-order chi connectivity index (χ0) is 19.8. The molecule has 2 heterocycles. The topological polar surface area (TPSA) is 29.5 Å². The third-order valence-electron chi connectivity index (χ3n) is 6.34. The standard InChI is InChI=1S/C26H25NO2/c1-29-21-14-15-22-20(17-21)16-19-11-5-6-13-24(19)27-25(22)23(26(27)28)12-7-10-18-8-3-2-4-9-18/h2-6,8-9,11,13-15,17,23,25H,7,10,12,16H2,1H3/t23-,25-/m1/s1. The van der Waals surface area contributed by atoms with Gasteiger partial charge in [0.25, 0.3) is 0 Å². The lowest BCUT2D eigenvalue weighted by atomic mass is 9.78. The summed E-state index contributed by atoms with van der Waals surface area (Å²) in [6, 6.07) is 25.3. The number of nitrogens with zero attached hydrogens (tertiary/aromatic N) is 1. The summed E-state index contributed by atoms with van der Waals surface area (Å²) in [5, 5.41) is 0. The first-order valence-corrected chi connectivity index (χ1v) is 10.4. The molecule has 0 aliphatic carbocycles. The van der Waals surface area contributed by atoms with Crippen LogP contribution in [-0.2, 0) is 17.6 Å². The van der Waals surface area contributed by atoms with Crippen LogP contribution in [0.25, 0.3) is 0 Å². The number of benzene rings is 3. The van der Waals surface area contributed by atoms with Crippen LogP contribution in [0.1, 0.15) is 41.1 Å². The molecule has 5 rings (SSSR count). The summed E-state index contributed by atoms with van der Waals surface area (Å²) in [5.41, 5.74) is 6.15. The fourth-order valence-electron chi connectivity index (χ4n) is 4.88. The van der Waals surface area contributed by atoms with Gasteiger partial charge in [-0.3, -0.25) is 4.79 Å². The molecule has 0 saturated carbocycles. The number of anilines is 1. The van der Waals surface area contributed by atoms with E-state index >= 15 is 0 Å². The average Bonchev–Trinajstić information content (AvgIpc) is 2.89. The van der Waals surface area contributed by atoms with Gasteiger partial charge in [0.1, 0.15) is 5.75 Å². The number of carbonyl (C=O) groups excluding carboxylic acids is 1. The van der Waals surface area contributed by atoms with E-state index in [0.717, 1.165) is 37.1 Å². The summed E-state index contributed by atoms with van der Waals surface area (Å²) in [7, 11) is 1.71. The molecule has 0 unspecified atom stereocenters. The second-order valence-corrected chi connectivity index (χ2v) is 8.01. The minimum atomic E-state index is 0.0528. The molecule has 3 aromatic carbocycles. The van der Waals surface area contributed by atoms with Gasteiger partial charge in [-0.2, -0.15) is 0 Å². The number of β-lactam (4-membered cyclic amide) rings is 1. The minimum Gasteiger partial charge on any atom is -0.497 e. The van der Waals surface area contributed by atoms with Gasteiger partial charge in [0.15, 0.2) is 0 Å². The van der Waals surface area contributed by atoms with Crippen LogP contribution >= 0.6 is 0 Å². The number of rotatable bonds is 5. The number of para-hydroxylation sites is 1. The molecule has 0 spiro atoms. The molecule has 146 valence electrons. The number of aryl methyl sites for hydroxylation is 1. The Hall–Kier alpha value is -3.07. The van der Waals surface area contributed by atoms with Gasteiger partial charge in [0, 0.05) is 5.69 Å². The Balaban J connectivity index is 1.45. The fraction of sp³-hybridized carbons (Fsp3) is 0.269. The monoisotopic (exact) mass is 383 g/mol. The highest BCUT2D eigenvalue weighted by atomic mass is 16.5. The molecule has 0 radical (unpaired) electrons. The lowest BCUT2D eigenvalue weighted by Crippen LogP contribution is -2.55. The molecule has 0 aromatic heterocycles. The van der Waals surface area contributed by atoms with Crippen LogP contribution in [0.15, 0.2) is 72.8 Å². The summed E-state index contributed by atoms with van der Waals surface area (Å²) in [5.74, 6) is 1.19. The molecule has 2 atom stereocenters. The fourth-order valence-corrected chi connectivity index (χ4v) is 4.88. The van der Waals surface area contributed by atoms with Crippen molar-refractivity contribution in [2.45, 2.75) is 31.7 Å². The number of carbonyl (C=O) groups is 1. The van der Waals surface area contributed by atoms with Gasteiger partial charge < -0.3 is 9.64 Å². The molecule has 0 N–H and O–H groups in total. The second kappa shape index (κ2) is 7.40. The van der Waals surface area contributed by atoms with Gasteiger partial charge in [0.2, 0.25) is 5.91 Å². The molecule has 1 saturated heterocycles. The highest BCUT2D eigenvalue weighted by molar-refractivity contribution is 6.04. The Morgan fingerprint density at radius 2 is 1.76 bits per heavy atom. The lowest BCUT2D eigenvalue weighted by Gasteiger charge is -2.47. The molecule has 29 heavy (non-hydrogen) atoms. The third-order valence-corrected chi connectivity index (χ3v) is 6.34. The van der Waals surface area contributed by atoms with E-state index in [1.165, 1.54) is 22.3 Å². The van der Waals surface area contributed by atoms with Crippen molar-refractivity contribution in [3.63, 3.8) is 0 Å². The van der Waals surface area contributed by atoms with Crippen molar-refractivity contribution in [3.8, 4) is 5.75 Å². The summed E-state index contributed by atoms with van der Waals surface area (Å²) < 4.78 is 5.47. The number of fused-ring (bicyclic) bond motifs is 5. The summed E-state index contributed by atoms with van der Waals surface area (Å²) >= 11 is 0. The Morgan fingerprint density at radius 3 is 2.59 bits per heavy atom. The predicted molar refractivity (Wildman–Crippen MR) is 115 cm³/mol. The largest absolute Gasteiger partial charge is 0.497 e. The predicted octanol–water partition coefficient (Wildman–Crippen LogP) is 5.33. The van der Waals surface area contributed by atoms with Gasteiger partial charge in [-0.05, 0) is 66.1 Å². The van der Waals surface area contributed by atoms with E-state index in [-0.39, 0.29) is 17.9 Å². The number of amides is 1. The Morgan fingerprint density at radius 1 is 0.966 bits per heavy atom. The number of ether oxygens (including phenoxy) is 1. The number of hydrogen-bond donors (Lipinski definition) is 0. The maximum absolute atomic E-state index is 13.2. The van der Waals surface area contributed by atoms with E-state index in [0.29, 0.717) is 0 Å². The van der Waals surface area contributed by atoms with Crippen LogP contribution in [0.2, 0.25) is 0 Å². The third kappa shape index (κ3) is 3.11. The van der Waals surface area contributed by atoms with E-state index in [9.17, 15) is 4.79 Å². The van der Waals surface area contributed by atoms with Crippen LogP contribution < -0.4 is 9.64 Å². The normalized spacial score (nSPS) is 19.5. The molecular weight excluding hydrogens is 358 g/mol. The maximum atomic E-state index is 13.2. The molecule has 1 amide bonds. The van der Waals surface area contributed by atoms with Crippen molar-refractivity contribution in [2.75, 3.05) is 12.0 Å². The number of hydrogen-bond acceptors (Lipinski definition) is 2. The molecule has 1 fully saturated rings. The zero-order valence-electron chi connectivity index (χ0n) is 16.7. The first kappa shape index (κ1) is 18.0. The highest BCUT2D eigenvalue weighted by Crippen LogP contribution is 2.50. The summed E-state index contributed by atoms with van der Waals surface area (Å²) in [6.07, 6.45) is 3.80. The SMILES string of the molecule is COc1ccc2c(c1)Cc1ccccc1N1C(=O)[C@H](CCCc3ccccc3)[C@@H]21. The lowest BCUT2D eigenvalue weighted by molar-refractivity contribution is -0.130. The van der Waals surface area contributed by atoms with Crippen LogP contribution in [0.5, 0.6) is 5.75 Å². The van der Waals surface area contributed by atoms with E-state index < -0.39 is 0 Å². The van der Waals surface area contributed by atoms with E-state index in [4.69, 9.17) is 4.74 Å². The van der Waals surface area contributed by atoms with Gasteiger partial charge >= 0.3 is 0 Å². The van der Waals surface area contributed by atoms with E-state index in [1.54, 1.807) is 7.11 Å². The van der Waals surface area contributed by atoms with Crippen LogP contribution in [0, 0.1) is 5.92 Å². The maximum Gasteiger partial charge on any atom is 0.233 e. The molecule has 2 aliphatic rings. The minimum absolute atomic E-state index is 0.0528. The Kier molecular flexibility index (Phi) is 4.59. The van der Waals surface area contributed by atoms with Crippen molar-refractivity contribution in [3.05, 3.63) is 95.1 Å². The van der Waals surface area contributed by atoms with Gasteiger partial charge in [-0.1, -0.05) is 54.6 Å². The summed E-state index contributed by atoms with van der Waals surface area (Å²) in [4.78, 5) is 15.2. The average molecular weight is 383 g/mol. The van der Waals surface area contributed by atoms with Gasteiger partial charge in [-0.25, -0.2) is 0 Å². The smallest absolute Gasteiger partial charge is 0.233 e. The van der Waals surface area contributed by atoms with Crippen LogP contribution in [0.3, 0.4) is 0 Å². The molecule has 3 nitrogen and oxygen atoms in total. The van der Waals surface area contributed by atoms with E-state index in [2.05, 4.69) is 54.6 Å². The van der Waals surface area contributed by atoms with Crippen molar-refractivity contribution in [2.24, 2.45) is 5.92 Å². The van der Waals surface area contributed by atoms with Crippen LogP contribution in [-0.4, -0.2) is 13.0 Å². The highest BCUT2D eigenvalue weighted by Gasteiger charge is 2.50. The van der Waals surface area contributed by atoms with Crippen LogP contribution in [0.4, 0.5) is 5.69 Å². The van der Waals surface area contributed by atoms with Crippen molar-refractivity contribution >= 4 is 11.6 Å². The van der Waals surface area contributed by atoms with Crippen molar-refractivity contribution < 1.29 is 9.53 Å². The van der Waals surface area contributed by atoms with Gasteiger partial charge in [-0.15, -0.1) is 0 Å². The molecule has 0 bridgehead atoms. The van der Waals surface area contributed by atoms with Gasteiger partial charge in [0.05, 0.1) is 19.1 Å². The molecular formula is C26H25NO2. The first-order chi connectivity index (χ1) is 14.3. The van der Waals surface area contributed by atoms with Crippen molar-refractivity contribution in [1.82, 2.24) is 0 Å². The Bertz CT molecular complexity index is 1040. The second-order valence-electron chi connectivity index (χ2n) is 8.01. The first-order valence-electron chi connectivity index (χ1n) is 10.4. The van der Waals surface area contributed by atoms with Crippen molar-refractivity contribution in [1.29, 1.82) is 0 Å². The quantitative estimate of drug-likeness (QED) is 0.558. The zero-order valence-corrected chi connectivity index (χ0v) is 16.7. The molecule has 3 heteroatoms. The number of methoxy groups -OCH3 is 1. The molecule has 2 aliphatic heterocycles.